The molecule has 0 saturated carbocycles. The van der Waals surface area contributed by atoms with Crippen LogP contribution in [0.15, 0.2) is 42.5 Å². The molecule has 1 unspecified atom stereocenters. The molecular weight excluding hydrogens is 288 g/mol. The van der Waals surface area contributed by atoms with Crippen molar-refractivity contribution in [3.63, 3.8) is 0 Å². The van der Waals surface area contributed by atoms with Gasteiger partial charge < -0.3 is 20.2 Å². The first-order valence-electron chi connectivity index (χ1n) is 7.92. The standard InChI is InChI=1S/C19H20N2O2/c1-12-16(15-4-2-3-5-17(15)21-12)8-14(10-20)13-6-7-18-19(9-13)23-11-22-18/h2-7,9,14,21H,8,10-11,20H2,1H3. The molecule has 0 aliphatic carbocycles. The Hall–Kier alpha value is -2.46. The second-order valence-electron chi connectivity index (χ2n) is 6.02. The predicted molar refractivity (Wildman–Crippen MR) is 91.1 cm³/mol. The van der Waals surface area contributed by atoms with Gasteiger partial charge in [0.25, 0.3) is 0 Å². The Bertz CT molecular complexity index is 854. The minimum absolute atomic E-state index is 0.252. The van der Waals surface area contributed by atoms with Gasteiger partial charge in [-0.2, -0.15) is 0 Å². The summed E-state index contributed by atoms with van der Waals surface area (Å²) in [6, 6.07) is 14.5. The smallest absolute Gasteiger partial charge is 0.231 e. The van der Waals surface area contributed by atoms with Gasteiger partial charge in [-0.25, -0.2) is 0 Å². The highest BCUT2D eigenvalue weighted by Crippen LogP contribution is 2.36. The zero-order valence-corrected chi connectivity index (χ0v) is 13.1. The van der Waals surface area contributed by atoms with Crippen LogP contribution in [0.25, 0.3) is 10.9 Å². The van der Waals surface area contributed by atoms with Crippen molar-refractivity contribution in [3.8, 4) is 11.5 Å². The summed E-state index contributed by atoms with van der Waals surface area (Å²) < 4.78 is 10.9. The molecule has 2 heterocycles. The van der Waals surface area contributed by atoms with Crippen LogP contribution in [-0.2, 0) is 6.42 Å². The number of benzene rings is 2. The molecule has 0 fully saturated rings. The lowest BCUT2D eigenvalue weighted by atomic mass is 9.90. The van der Waals surface area contributed by atoms with Crippen LogP contribution in [0.2, 0.25) is 0 Å². The third-order valence-electron chi connectivity index (χ3n) is 4.63. The number of H-pyrrole nitrogens is 1. The number of rotatable bonds is 4. The molecule has 2 aromatic carbocycles. The molecule has 4 nitrogen and oxygen atoms in total. The maximum atomic E-state index is 6.08. The fourth-order valence-electron chi connectivity index (χ4n) is 3.35. The van der Waals surface area contributed by atoms with Crippen LogP contribution in [0.1, 0.15) is 22.7 Å². The van der Waals surface area contributed by atoms with Gasteiger partial charge in [0.05, 0.1) is 0 Å². The zero-order valence-electron chi connectivity index (χ0n) is 13.1. The monoisotopic (exact) mass is 308 g/mol. The van der Waals surface area contributed by atoms with Crippen LogP contribution < -0.4 is 15.2 Å². The minimum atomic E-state index is 0.252. The first-order chi connectivity index (χ1) is 11.3. The van der Waals surface area contributed by atoms with Gasteiger partial charge in [0.2, 0.25) is 6.79 Å². The highest BCUT2D eigenvalue weighted by molar-refractivity contribution is 5.84. The maximum Gasteiger partial charge on any atom is 0.231 e. The maximum absolute atomic E-state index is 6.08. The molecule has 1 aliphatic rings. The number of nitrogens with one attached hydrogen (secondary N) is 1. The van der Waals surface area contributed by atoms with E-state index in [1.54, 1.807) is 0 Å². The normalized spacial score (nSPS) is 14.3. The van der Waals surface area contributed by atoms with Crippen LogP contribution in [-0.4, -0.2) is 18.3 Å². The molecule has 3 N–H and O–H groups in total. The summed E-state index contributed by atoms with van der Waals surface area (Å²) in [7, 11) is 0. The van der Waals surface area contributed by atoms with Crippen molar-refractivity contribution in [2.75, 3.05) is 13.3 Å². The summed E-state index contributed by atoms with van der Waals surface area (Å²) in [4.78, 5) is 3.46. The Morgan fingerprint density at radius 2 is 1.96 bits per heavy atom. The molecule has 0 amide bonds. The van der Waals surface area contributed by atoms with Gasteiger partial charge in [-0.3, -0.25) is 0 Å². The van der Waals surface area contributed by atoms with E-state index in [4.69, 9.17) is 15.2 Å². The van der Waals surface area contributed by atoms with Crippen molar-refractivity contribution in [1.29, 1.82) is 0 Å². The number of para-hydroxylation sites is 1. The summed E-state index contributed by atoms with van der Waals surface area (Å²) in [6.07, 6.45) is 0.909. The van der Waals surface area contributed by atoms with Crippen molar-refractivity contribution in [2.45, 2.75) is 19.3 Å². The highest BCUT2D eigenvalue weighted by Gasteiger charge is 2.19. The fraction of sp³-hybridized carbons (Fsp3) is 0.263. The molecule has 118 valence electrons. The van der Waals surface area contributed by atoms with Gasteiger partial charge >= 0.3 is 0 Å². The summed E-state index contributed by atoms with van der Waals surface area (Å²) >= 11 is 0. The van der Waals surface area contributed by atoms with E-state index in [2.05, 4.69) is 48.3 Å². The van der Waals surface area contributed by atoms with Crippen LogP contribution >= 0.6 is 0 Å². The van der Waals surface area contributed by atoms with Crippen molar-refractivity contribution in [3.05, 3.63) is 59.3 Å². The van der Waals surface area contributed by atoms with Gasteiger partial charge in [-0.15, -0.1) is 0 Å². The van der Waals surface area contributed by atoms with E-state index in [1.165, 1.54) is 27.7 Å². The number of aromatic nitrogens is 1. The number of hydrogen-bond acceptors (Lipinski definition) is 3. The summed E-state index contributed by atoms with van der Waals surface area (Å²) in [5.74, 6) is 1.88. The van der Waals surface area contributed by atoms with E-state index >= 15 is 0 Å². The molecule has 1 atom stereocenters. The quantitative estimate of drug-likeness (QED) is 0.775. The Morgan fingerprint density at radius 3 is 2.83 bits per heavy atom. The lowest BCUT2D eigenvalue weighted by Crippen LogP contribution is -2.15. The number of ether oxygens (including phenoxy) is 2. The topological polar surface area (TPSA) is 60.3 Å². The van der Waals surface area contributed by atoms with Gasteiger partial charge in [0.1, 0.15) is 0 Å². The van der Waals surface area contributed by atoms with Gasteiger partial charge in [0.15, 0.2) is 11.5 Å². The molecular formula is C19H20N2O2. The van der Waals surface area contributed by atoms with E-state index in [9.17, 15) is 0 Å². The van der Waals surface area contributed by atoms with Crippen LogP contribution in [0.3, 0.4) is 0 Å². The molecule has 1 aromatic heterocycles. The van der Waals surface area contributed by atoms with E-state index in [1.807, 2.05) is 6.07 Å². The first kappa shape index (κ1) is 14.2. The summed E-state index contributed by atoms with van der Waals surface area (Å²) in [5, 5.41) is 1.28. The number of fused-ring (bicyclic) bond motifs is 2. The third-order valence-corrected chi connectivity index (χ3v) is 4.63. The number of aryl methyl sites for hydroxylation is 1. The molecule has 0 saturated heterocycles. The lowest BCUT2D eigenvalue weighted by molar-refractivity contribution is 0.174. The Kier molecular flexibility index (Phi) is 3.46. The summed E-state index contributed by atoms with van der Waals surface area (Å²) in [6.45, 7) is 3.02. The van der Waals surface area contributed by atoms with Crippen molar-refractivity contribution in [1.82, 2.24) is 4.98 Å². The highest BCUT2D eigenvalue weighted by atomic mass is 16.7. The molecule has 3 aromatic rings. The zero-order chi connectivity index (χ0) is 15.8. The third kappa shape index (κ3) is 2.45. The molecule has 4 rings (SSSR count). The average molecular weight is 308 g/mol. The Balaban J connectivity index is 1.69. The molecule has 0 bridgehead atoms. The molecule has 0 spiro atoms. The minimum Gasteiger partial charge on any atom is -0.454 e. The molecule has 23 heavy (non-hydrogen) atoms. The van der Waals surface area contributed by atoms with Gasteiger partial charge in [0, 0.05) is 22.5 Å². The number of hydrogen-bond donors (Lipinski definition) is 2. The largest absolute Gasteiger partial charge is 0.454 e. The fourth-order valence-corrected chi connectivity index (χ4v) is 3.35. The van der Waals surface area contributed by atoms with Gasteiger partial charge in [-0.1, -0.05) is 24.3 Å². The molecule has 1 aliphatic heterocycles. The van der Waals surface area contributed by atoms with Crippen molar-refractivity contribution >= 4 is 10.9 Å². The average Bonchev–Trinajstić information content (AvgIpc) is 3.15. The second-order valence-corrected chi connectivity index (χ2v) is 6.02. The van der Waals surface area contributed by atoms with Gasteiger partial charge in [-0.05, 0) is 49.2 Å². The number of nitrogens with two attached hydrogens (primary N) is 1. The Labute approximate surface area is 135 Å². The van der Waals surface area contributed by atoms with Crippen molar-refractivity contribution < 1.29 is 9.47 Å². The van der Waals surface area contributed by atoms with Crippen LogP contribution in [0, 0.1) is 6.92 Å². The Morgan fingerprint density at radius 1 is 1.13 bits per heavy atom. The van der Waals surface area contributed by atoms with E-state index < -0.39 is 0 Å². The summed E-state index contributed by atoms with van der Waals surface area (Å²) in [5.41, 5.74) is 11.0. The van der Waals surface area contributed by atoms with E-state index in [0.717, 1.165) is 17.9 Å². The first-order valence-corrected chi connectivity index (χ1v) is 7.92. The van der Waals surface area contributed by atoms with E-state index in [-0.39, 0.29) is 5.92 Å². The molecule has 0 radical (unpaired) electrons. The lowest BCUT2D eigenvalue weighted by Gasteiger charge is -2.16. The van der Waals surface area contributed by atoms with Crippen LogP contribution in [0.4, 0.5) is 0 Å². The number of aromatic amines is 1. The van der Waals surface area contributed by atoms with Crippen molar-refractivity contribution in [2.24, 2.45) is 5.73 Å². The van der Waals surface area contributed by atoms with E-state index in [0.29, 0.717) is 13.3 Å². The molecule has 4 heteroatoms. The predicted octanol–water partition coefficient (Wildman–Crippen LogP) is 3.49. The van der Waals surface area contributed by atoms with Crippen LogP contribution in [0.5, 0.6) is 11.5 Å². The SMILES string of the molecule is Cc1[nH]c2ccccc2c1CC(CN)c1ccc2c(c1)OCO2. The second kappa shape index (κ2) is 5.63.